The molecule has 2 heterocycles. The lowest BCUT2D eigenvalue weighted by atomic mass is 10.1. The van der Waals surface area contributed by atoms with Crippen LogP contribution < -0.4 is 5.32 Å². The van der Waals surface area contributed by atoms with Crippen molar-refractivity contribution >= 4 is 28.8 Å². The van der Waals surface area contributed by atoms with Gasteiger partial charge in [-0.2, -0.15) is 0 Å². The average molecular weight is 417 g/mol. The number of rotatable bonds is 7. The molecule has 0 aliphatic carbocycles. The molecule has 154 valence electrons. The van der Waals surface area contributed by atoms with E-state index in [1.807, 2.05) is 0 Å². The van der Waals surface area contributed by atoms with Gasteiger partial charge in [0, 0.05) is 55.3 Å². The van der Waals surface area contributed by atoms with Crippen molar-refractivity contribution in [3.8, 4) is 0 Å². The third-order valence-corrected chi connectivity index (χ3v) is 5.91. The smallest absolute Gasteiger partial charge is 0.270 e. The zero-order chi connectivity index (χ0) is 20.8. The van der Waals surface area contributed by atoms with E-state index in [1.54, 1.807) is 23.2 Å². The van der Waals surface area contributed by atoms with Crippen molar-refractivity contribution in [3.63, 3.8) is 0 Å². The van der Waals surface area contributed by atoms with Crippen LogP contribution in [0.4, 0.5) is 5.69 Å². The monoisotopic (exact) mass is 416 g/mol. The Hall–Kier alpha value is -2.78. The van der Waals surface area contributed by atoms with Crippen molar-refractivity contribution in [1.82, 2.24) is 15.1 Å². The summed E-state index contributed by atoms with van der Waals surface area (Å²) in [6, 6.07) is 8.97. The normalized spacial score (nSPS) is 15.7. The minimum atomic E-state index is -0.695. The van der Waals surface area contributed by atoms with Gasteiger partial charge in [-0.25, -0.2) is 0 Å². The molecule has 29 heavy (non-hydrogen) atoms. The van der Waals surface area contributed by atoms with Gasteiger partial charge in [-0.3, -0.25) is 24.6 Å². The summed E-state index contributed by atoms with van der Waals surface area (Å²) in [6.45, 7) is 5.48. The van der Waals surface area contributed by atoms with Crippen molar-refractivity contribution in [3.05, 3.63) is 62.3 Å². The van der Waals surface area contributed by atoms with Gasteiger partial charge in [0.05, 0.1) is 4.92 Å². The number of non-ortho nitro benzene ring substituents is 1. The van der Waals surface area contributed by atoms with Gasteiger partial charge in [0.15, 0.2) is 0 Å². The fourth-order valence-corrected chi connectivity index (χ4v) is 3.99. The molecule has 1 aromatic heterocycles. The highest BCUT2D eigenvalue weighted by Crippen LogP contribution is 2.14. The first-order chi connectivity index (χ1) is 13.9. The van der Waals surface area contributed by atoms with Crippen LogP contribution in [0.1, 0.15) is 22.2 Å². The minimum absolute atomic E-state index is 0.137. The Kier molecular flexibility index (Phi) is 6.95. The molecular formula is C20H24N4O4S. The van der Waals surface area contributed by atoms with Crippen LogP contribution in [0.25, 0.3) is 0 Å². The van der Waals surface area contributed by atoms with Gasteiger partial charge in [-0.05, 0) is 30.9 Å². The number of carbonyl (C=O) groups is 2. The third kappa shape index (κ3) is 5.61. The highest BCUT2D eigenvalue weighted by molar-refractivity contribution is 7.09. The summed E-state index contributed by atoms with van der Waals surface area (Å²) in [6.07, 6.45) is 1.02. The number of thiophene rings is 1. The number of nitrogens with one attached hydrogen (secondary N) is 1. The Morgan fingerprint density at radius 3 is 2.62 bits per heavy atom. The highest BCUT2D eigenvalue weighted by Gasteiger charge is 2.26. The van der Waals surface area contributed by atoms with Crippen LogP contribution in [0.15, 0.2) is 41.8 Å². The minimum Gasteiger partial charge on any atom is -0.341 e. The molecule has 1 saturated heterocycles. The molecule has 1 unspecified atom stereocenters. The summed E-state index contributed by atoms with van der Waals surface area (Å²) in [5, 5.41) is 15.6. The molecule has 1 fully saturated rings. The van der Waals surface area contributed by atoms with E-state index >= 15 is 0 Å². The first-order valence-corrected chi connectivity index (χ1v) is 10.4. The molecule has 1 atom stereocenters. The standard InChI is InChI=1S/C20H24N4O4S/c1-15(21-19(25)16-4-2-5-17(14-16)24(27)28)20(26)23-11-9-22(10-12-23)8-7-18-6-3-13-29-18/h2-6,13-15H,7-12H2,1H3,(H,21,25). The molecule has 3 rings (SSSR count). The van der Waals surface area contributed by atoms with Gasteiger partial charge < -0.3 is 10.2 Å². The molecule has 8 nitrogen and oxygen atoms in total. The third-order valence-electron chi connectivity index (χ3n) is 4.98. The zero-order valence-corrected chi connectivity index (χ0v) is 17.1. The number of hydrogen-bond acceptors (Lipinski definition) is 6. The van der Waals surface area contributed by atoms with Crippen LogP contribution in [0, 0.1) is 10.1 Å². The summed E-state index contributed by atoms with van der Waals surface area (Å²) < 4.78 is 0. The topological polar surface area (TPSA) is 95.8 Å². The van der Waals surface area contributed by atoms with Crippen molar-refractivity contribution in [2.45, 2.75) is 19.4 Å². The van der Waals surface area contributed by atoms with E-state index in [9.17, 15) is 19.7 Å². The summed E-state index contributed by atoms with van der Waals surface area (Å²) >= 11 is 1.76. The largest absolute Gasteiger partial charge is 0.341 e. The lowest BCUT2D eigenvalue weighted by Crippen LogP contribution is -2.54. The number of amides is 2. The van der Waals surface area contributed by atoms with E-state index in [4.69, 9.17) is 0 Å². The second-order valence-electron chi connectivity index (χ2n) is 7.00. The van der Waals surface area contributed by atoms with Crippen molar-refractivity contribution in [2.24, 2.45) is 0 Å². The molecule has 1 aliphatic heterocycles. The van der Waals surface area contributed by atoms with E-state index in [0.29, 0.717) is 13.1 Å². The Balaban J connectivity index is 1.47. The zero-order valence-electron chi connectivity index (χ0n) is 16.2. The van der Waals surface area contributed by atoms with Crippen LogP contribution in [-0.2, 0) is 11.2 Å². The number of piperazine rings is 1. The van der Waals surface area contributed by atoms with Gasteiger partial charge in [0.2, 0.25) is 5.91 Å². The summed E-state index contributed by atoms with van der Waals surface area (Å²) in [4.78, 5) is 40.8. The first kappa shape index (κ1) is 20.9. The van der Waals surface area contributed by atoms with Crippen LogP contribution >= 0.6 is 11.3 Å². The Morgan fingerprint density at radius 2 is 1.97 bits per heavy atom. The predicted molar refractivity (Wildman–Crippen MR) is 111 cm³/mol. The summed E-state index contributed by atoms with van der Waals surface area (Å²) in [5.74, 6) is -0.633. The molecule has 9 heteroatoms. The number of benzene rings is 1. The van der Waals surface area contributed by atoms with Crippen LogP contribution in [0.2, 0.25) is 0 Å². The van der Waals surface area contributed by atoms with Crippen molar-refractivity contribution in [2.75, 3.05) is 32.7 Å². The maximum Gasteiger partial charge on any atom is 0.270 e. The van der Waals surface area contributed by atoms with E-state index in [2.05, 4.69) is 27.7 Å². The fraction of sp³-hybridized carbons (Fsp3) is 0.400. The number of nitro benzene ring substituents is 1. The maximum atomic E-state index is 12.7. The Morgan fingerprint density at radius 1 is 1.21 bits per heavy atom. The number of nitro groups is 1. The van der Waals surface area contributed by atoms with Gasteiger partial charge in [0.25, 0.3) is 11.6 Å². The van der Waals surface area contributed by atoms with E-state index in [1.165, 1.54) is 29.1 Å². The molecular weight excluding hydrogens is 392 g/mol. The molecule has 1 aromatic carbocycles. The lowest BCUT2D eigenvalue weighted by molar-refractivity contribution is -0.384. The second kappa shape index (κ2) is 9.62. The van der Waals surface area contributed by atoms with Crippen molar-refractivity contribution < 1.29 is 14.5 Å². The van der Waals surface area contributed by atoms with Gasteiger partial charge in [-0.15, -0.1) is 11.3 Å². The van der Waals surface area contributed by atoms with Crippen LogP contribution in [-0.4, -0.2) is 65.3 Å². The Labute approximate surface area is 173 Å². The van der Waals surface area contributed by atoms with Gasteiger partial charge in [-0.1, -0.05) is 12.1 Å². The van der Waals surface area contributed by atoms with Crippen LogP contribution in [0.5, 0.6) is 0 Å². The average Bonchev–Trinajstić information content (AvgIpc) is 3.25. The van der Waals surface area contributed by atoms with Crippen molar-refractivity contribution in [1.29, 1.82) is 0 Å². The molecule has 2 aromatic rings. The predicted octanol–water partition coefficient (Wildman–Crippen LogP) is 2.16. The maximum absolute atomic E-state index is 12.7. The number of carbonyl (C=O) groups excluding carboxylic acids is 2. The molecule has 0 radical (unpaired) electrons. The molecule has 2 amide bonds. The van der Waals surface area contributed by atoms with E-state index in [-0.39, 0.29) is 17.2 Å². The molecule has 1 aliphatic rings. The van der Waals surface area contributed by atoms with E-state index in [0.717, 1.165) is 26.1 Å². The number of hydrogen-bond donors (Lipinski definition) is 1. The molecule has 0 saturated carbocycles. The second-order valence-corrected chi connectivity index (χ2v) is 8.03. The molecule has 0 spiro atoms. The SMILES string of the molecule is CC(NC(=O)c1cccc([N+](=O)[O-])c1)C(=O)N1CCN(CCc2cccs2)CC1. The lowest BCUT2D eigenvalue weighted by Gasteiger charge is -2.36. The quantitative estimate of drug-likeness (QED) is 0.551. The summed E-state index contributed by atoms with van der Waals surface area (Å²) in [7, 11) is 0. The number of nitrogens with zero attached hydrogens (tertiary/aromatic N) is 3. The highest BCUT2D eigenvalue weighted by atomic mass is 32.1. The van der Waals surface area contributed by atoms with Crippen LogP contribution in [0.3, 0.4) is 0 Å². The van der Waals surface area contributed by atoms with E-state index < -0.39 is 16.9 Å². The van der Waals surface area contributed by atoms with Gasteiger partial charge in [0.1, 0.15) is 6.04 Å². The first-order valence-electron chi connectivity index (χ1n) is 9.53. The summed E-state index contributed by atoms with van der Waals surface area (Å²) in [5.41, 5.74) is 0.00699. The molecule has 0 bridgehead atoms. The molecule has 1 N–H and O–H groups in total. The van der Waals surface area contributed by atoms with Gasteiger partial charge >= 0.3 is 0 Å². The fourth-order valence-electron chi connectivity index (χ4n) is 3.29. The Bertz CT molecular complexity index is 863.